The lowest BCUT2D eigenvalue weighted by molar-refractivity contribution is 0.201. The minimum atomic E-state index is -1.20. The number of halogens is 1. The molecule has 0 aliphatic carbocycles. The van der Waals surface area contributed by atoms with E-state index in [-0.39, 0.29) is 24.1 Å². The lowest BCUT2D eigenvalue weighted by atomic mass is 10.1. The summed E-state index contributed by atoms with van der Waals surface area (Å²) in [5.74, 6) is 1.04. The Kier molecular flexibility index (Phi) is 7.69. The molecule has 4 rings (SSSR count). The Hall–Kier alpha value is -4.12. The van der Waals surface area contributed by atoms with Crippen molar-refractivity contribution in [3.05, 3.63) is 60.0 Å². The van der Waals surface area contributed by atoms with Crippen molar-refractivity contribution in [3.63, 3.8) is 0 Å². The lowest BCUT2D eigenvalue weighted by Crippen LogP contribution is -2.44. The quantitative estimate of drug-likeness (QED) is 0.482. The Morgan fingerprint density at radius 1 is 1.11 bits per heavy atom. The number of anilines is 4. The summed E-state index contributed by atoms with van der Waals surface area (Å²) in [7, 11) is 5.09. The summed E-state index contributed by atoms with van der Waals surface area (Å²) in [5, 5.41) is 12.8. The molecule has 0 radical (unpaired) electrons. The lowest BCUT2D eigenvalue weighted by Gasteiger charge is -2.34. The van der Waals surface area contributed by atoms with E-state index in [2.05, 4.69) is 20.2 Å². The minimum absolute atomic E-state index is 0.0273. The molecule has 1 saturated heterocycles. The molecule has 10 nitrogen and oxygen atoms in total. The Labute approximate surface area is 208 Å². The van der Waals surface area contributed by atoms with E-state index in [1.165, 1.54) is 32.5 Å². The maximum absolute atomic E-state index is 14.9. The second-order valence-corrected chi connectivity index (χ2v) is 8.37. The molecule has 2 N–H and O–H groups in total. The molecule has 1 aliphatic rings. The Morgan fingerprint density at radius 2 is 1.89 bits per heavy atom. The third-order valence-electron chi connectivity index (χ3n) is 6.01. The number of nitrogens with zero attached hydrogens (tertiary/aromatic N) is 5. The fraction of sp³-hybridized carbons (Fsp3) is 0.320. The third kappa shape index (κ3) is 5.74. The monoisotopic (exact) mass is 496 g/mol. The summed E-state index contributed by atoms with van der Waals surface area (Å²) in [6.07, 6.45) is 0.241. The third-order valence-corrected chi connectivity index (χ3v) is 6.01. The second-order valence-electron chi connectivity index (χ2n) is 8.37. The van der Waals surface area contributed by atoms with Crippen LogP contribution in [0.15, 0.2) is 48.7 Å². The van der Waals surface area contributed by atoms with Crippen LogP contribution in [0.4, 0.5) is 32.3 Å². The Bertz CT molecular complexity index is 1220. The van der Waals surface area contributed by atoms with Gasteiger partial charge in [0.1, 0.15) is 23.1 Å². The molecule has 11 heteroatoms. The van der Waals surface area contributed by atoms with E-state index in [1.807, 2.05) is 11.9 Å². The van der Waals surface area contributed by atoms with Crippen molar-refractivity contribution in [2.24, 2.45) is 0 Å². The first-order chi connectivity index (χ1) is 17.4. The van der Waals surface area contributed by atoms with Crippen LogP contribution < -0.4 is 24.6 Å². The van der Waals surface area contributed by atoms with Crippen molar-refractivity contribution in [1.29, 1.82) is 0 Å². The summed E-state index contributed by atoms with van der Waals surface area (Å²) in [5.41, 5.74) is 1.61. The van der Waals surface area contributed by atoms with E-state index < -0.39 is 6.09 Å². The Morgan fingerprint density at radius 3 is 2.56 bits per heavy atom. The van der Waals surface area contributed by atoms with Gasteiger partial charge in [0.15, 0.2) is 0 Å². The first-order valence-electron chi connectivity index (χ1n) is 11.4. The molecular weight excluding hydrogens is 467 g/mol. The van der Waals surface area contributed by atoms with Crippen LogP contribution in [0.3, 0.4) is 0 Å². The highest BCUT2D eigenvalue weighted by molar-refractivity contribution is 5.85. The number of ether oxygens (including phenoxy) is 2. The zero-order valence-corrected chi connectivity index (χ0v) is 20.4. The average molecular weight is 497 g/mol. The van der Waals surface area contributed by atoms with Crippen LogP contribution in [-0.2, 0) is 6.54 Å². The number of aromatic nitrogens is 2. The summed E-state index contributed by atoms with van der Waals surface area (Å²) in [6, 6.07) is 11.5. The summed E-state index contributed by atoms with van der Waals surface area (Å²) in [6.45, 7) is 3.24. The van der Waals surface area contributed by atoms with Gasteiger partial charge in [-0.25, -0.2) is 14.2 Å². The highest BCUT2D eigenvalue weighted by Crippen LogP contribution is 2.28. The summed E-state index contributed by atoms with van der Waals surface area (Å²) >= 11 is 0. The number of hydrogen-bond donors (Lipinski definition) is 2. The SMILES string of the molecule is COc1ccc(OC)c(CN(C(=O)O)c2ccnc(Nc3ccc(N4CCN(C)CC4)c(F)c3)n2)c1. The van der Waals surface area contributed by atoms with Gasteiger partial charge in [0, 0.05) is 43.6 Å². The van der Waals surface area contributed by atoms with Crippen LogP contribution >= 0.6 is 0 Å². The van der Waals surface area contributed by atoms with Gasteiger partial charge in [0.2, 0.25) is 5.95 Å². The molecule has 1 fully saturated rings. The number of carboxylic acid groups (broad SMARTS) is 1. The molecule has 190 valence electrons. The van der Waals surface area contributed by atoms with Gasteiger partial charge in [-0.15, -0.1) is 0 Å². The van der Waals surface area contributed by atoms with E-state index in [0.29, 0.717) is 28.4 Å². The van der Waals surface area contributed by atoms with Crippen LogP contribution in [0.5, 0.6) is 11.5 Å². The summed E-state index contributed by atoms with van der Waals surface area (Å²) in [4.78, 5) is 25.9. The summed E-state index contributed by atoms with van der Waals surface area (Å²) < 4.78 is 25.5. The molecule has 1 aromatic heterocycles. The number of nitrogens with one attached hydrogen (secondary N) is 1. The highest BCUT2D eigenvalue weighted by atomic mass is 19.1. The first-order valence-corrected chi connectivity index (χ1v) is 11.4. The van der Waals surface area contributed by atoms with Crippen molar-refractivity contribution in [2.75, 3.05) is 62.6 Å². The topological polar surface area (TPSA) is 103 Å². The number of rotatable bonds is 8. The first kappa shape index (κ1) is 25.0. The normalized spacial score (nSPS) is 13.8. The standard InChI is InChI=1S/C25H29FN6O4/c1-30-10-12-31(13-11-30)21-6-4-18(15-20(21)26)28-24-27-9-8-23(29-24)32(25(33)34)16-17-14-19(35-2)5-7-22(17)36-3/h4-9,14-15H,10-13,16H2,1-3H3,(H,33,34)(H,27,28,29). The zero-order valence-electron chi connectivity index (χ0n) is 20.4. The molecule has 3 aromatic rings. The van der Waals surface area contributed by atoms with Gasteiger partial charge in [-0.3, -0.25) is 4.90 Å². The number of benzene rings is 2. The van der Waals surface area contributed by atoms with Crippen LogP contribution in [0.2, 0.25) is 0 Å². The molecule has 1 amide bonds. The predicted octanol–water partition coefficient (Wildman–Crippen LogP) is 3.81. The van der Waals surface area contributed by atoms with E-state index >= 15 is 0 Å². The van der Waals surface area contributed by atoms with Crippen molar-refractivity contribution in [2.45, 2.75) is 6.54 Å². The molecule has 0 unspecified atom stereocenters. The van der Waals surface area contributed by atoms with Gasteiger partial charge < -0.3 is 29.7 Å². The minimum Gasteiger partial charge on any atom is -0.497 e. The smallest absolute Gasteiger partial charge is 0.413 e. The van der Waals surface area contributed by atoms with Crippen molar-refractivity contribution >= 4 is 29.2 Å². The van der Waals surface area contributed by atoms with Gasteiger partial charge in [0.05, 0.1) is 26.5 Å². The number of likely N-dealkylation sites (N-methyl/N-ethyl adjacent to an activating group) is 1. The van der Waals surface area contributed by atoms with Gasteiger partial charge in [-0.2, -0.15) is 4.98 Å². The van der Waals surface area contributed by atoms with Crippen molar-refractivity contribution < 1.29 is 23.8 Å². The fourth-order valence-electron chi connectivity index (χ4n) is 4.00. The molecule has 0 atom stereocenters. The van der Waals surface area contributed by atoms with Crippen LogP contribution in [0, 0.1) is 5.82 Å². The second kappa shape index (κ2) is 11.1. The number of hydrogen-bond acceptors (Lipinski definition) is 8. The highest BCUT2D eigenvalue weighted by Gasteiger charge is 2.21. The van der Waals surface area contributed by atoms with Crippen LogP contribution in [0.1, 0.15) is 5.56 Å². The number of carbonyl (C=O) groups is 1. The van der Waals surface area contributed by atoms with Crippen molar-refractivity contribution in [3.8, 4) is 11.5 Å². The average Bonchev–Trinajstić information content (AvgIpc) is 2.88. The zero-order chi connectivity index (χ0) is 25.7. The van der Waals surface area contributed by atoms with Gasteiger partial charge in [0.25, 0.3) is 0 Å². The van der Waals surface area contributed by atoms with E-state index in [1.54, 1.807) is 30.3 Å². The predicted molar refractivity (Wildman–Crippen MR) is 135 cm³/mol. The van der Waals surface area contributed by atoms with Crippen molar-refractivity contribution in [1.82, 2.24) is 14.9 Å². The van der Waals surface area contributed by atoms with Crippen LogP contribution in [0.25, 0.3) is 0 Å². The Balaban J connectivity index is 1.53. The molecule has 1 aliphatic heterocycles. The molecular formula is C25H29FN6O4. The maximum Gasteiger partial charge on any atom is 0.413 e. The molecule has 2 heterocycles. The molecule has 0 saturated carbocycles. The largest absolute Gasteiger partial charge is 0.497 e. The fourth-order valence-corrected chi connectivity index (χ4v) is 4.00. The molecule has 0 spiro atoms. The van der Waals surface area contributed by atoms with E-state index in [9.17, 15) is 14.3 Å². The van der Waals surface area contributed by atoms with Gasteiger partial charge in [-0.05, 0) is 49.5 Å². The van der Waals surface area contributed by atoms with Gasteiger partial charge >= 0.3 is 6.09 Å². The number of piperazine rings is 1. The molecule has 2 aromatic carbocycles. The van der Waals surface area contributed by atoms with E-state index in [0.717, 1.165) is 31.1 Å². The number of amides is 1. The molecule has 36 heavy (non-hydrogen) atoms. The maximum atomic E-state index is 14.9. The molecule has 0 bridgehead atoms. The number of methoxy groups -OCH3 is 2. The van der Waals surface area contributed by atoms with E-state index in [4.69, 9.17) is 9.47 Å². The van der Waals surface area contributed by atoms with Crippen LogP contribution in [-0.4, -0.2) is 73.5 Å². The van der Waals surface area contributed by atoms with Gasteiger partial charge in [-0.1, -0.05) is 0 Å².